The van der Waals surface area contributed by atoms with Gasteiger partial charge >= 0.3 is 0 Å². The van der Waals surface area contributed by atoms with Crippen molar-refractivity contribution in [3.8, 4) is 5.75 Å². The number of nitrogens with zero attached hydrogens (tertiary/aromatic N) is 2. The lowest BCUT2D eigenvalue weighted by molar-refractivity contribution is -0.118. The lowest BCUT2D eigenvalue weighted by atomic mass is 9.88. The second kappa shape index (κ2) is 14.9. The molecule has 262 valence electrons. The molecule has 6 rings (SSSR count). The molecule has 0 unspecified atom stereocenters. The molecule has 4 aromatic rings. The molecular weight excluding hydrogens is 678 g/mol. The third-order valence-electron chi connectivity index (χ3n) is 8.68. The topological polar surface area (TPSA) is 130 Å². The van der Waals surface area contributed by atoms with Crippen LogP contribution in [0.1, 0.15) is 41.9 Å². The molecule has 1 fully saturated rings. The van der Waals surface area contributed by atoms with E-state index in [0.717, 1.165) is 18.3 Å². The summed E-state index contributed by atoms with van der Waals surface area (Å²) >= 11 is 0. The van der Waals surface area contributed by atoms with Crippen LogP contribution in [-0.4, -0.2) is 61.8 Å². The molecular formula is C35H33F4N5O5S. The van der Waals surface area contributed by atoms with E-state index in [0.29, 0.717) is 43.3 Å². The number of nitrogens with one attached hydrogen (secondary N) is 3. The molecule has 0 radical (unpaired) electrons. The maximum absolute atomic E-state index is 15.1. The molecule has 2 amide bonds. The van der Waals surface area contributed by atoms with Gasteiger partial charge in [-0.3, -0.25) is 14.6 Å². The number of sulfonamides is 1. The quantitative estimate of drug-likeness (QED) is 0.185. The first-order valence-electron chi connectivity index (χ1n) is 15.9. The standard InChI is InChI=1S/C35H33F4N5O5S/c36-23-6-4-21(5-7-23)29(22-12-24(37)14-25(38)13-22)16-34(45)43-32-19-41-18-30(39)28(32)3-1-2-26-17-40-10-11-44(26)50(47,48)27-8-9-33-31(15-27)42-35(46)20-49-33/h4-9,12-15,18-19,26,29,40H,1-3,10-11,16-17,20H2,(H,42,46)(H,43,45)/t26-,29-/m0/s1. The van der Waals surface area contributed by atoms with Crippen LogP contribution in [0.2, 0.25) is 0 Å². The Bertz CT molecular complexity index is 2000. The summed E-state index contributed by atoms with van der Waals surface area (Å²) in [7, 11) is -3.98. The summed E-state index contributed by atoms with van der Waals surface area (Å²) in [5.74, 6) is -4.34. The Balaban J connectivity index is 1.15. The van der Waals surface area contributed by atoms with E-state index in [1.807, 2.05) is 0 Å². The number of carbonyl (C=O) groups excluding carboxylic acids is 2. The van der Waals surface area contributed by atoms with Crippen LogP contribution in [0.4, 0.5) is 28.9 Å². The van der Waals surface area contributed by atoms with Gasteiger partial charge in [0.15, 0.2) is 6.61 Å². The number of hydrogen-bond acceptors (Lipinski definition) is 7. The van der Waals surface area contributed by atoms with Gasteiger partial charge in [-0.05, 0) is 72.9 Å². The molecule has 3 N–H and O–H groups in total. The average Bonchev–Trinajstić information content (AvgIpc) is 3.08. The summed E-state index contributed by atoms with van der Waals surface area (Å²) in [6.07, 6.45) is 2.83. The number of anilines is 2. The summed E-state index contributed by atoms with van der Waals surface area (Å²) in [4.78, 5) is 29.0. The van der Waals surface area contributed by atoms with Crippen molar-refractivity contribution < 1.29 is 40.3 Å². The molecule has 0 spiro atoms. The average molecular weight is 712 g/mol. The van der Waals surface area contributed by atoms with Crippen molar-refractivity contribution in [3.05, 3.63) is 113 Å². The van der Waals surface area contributed by atoms with Crippen LogP contribution < -0.4 is 20.7 Å². The summed E-state index contributed by atoms with van der Waals surface area (Å²) in [5, 5.41) is 8.50. The zero-order valence-corrected chi connectivity index (χ0v) is 27.4. The Morgan fingerprint density at radius 3 is 2.50 bits per heavy atom. The van der Waals surface area contributed by atoms with E-state index in [9.17, 15) is 31.2 Å². The molecule has 50 heavy (non-hydrogen) atoms. The van der Waals surface area contributed by atoms with Gasteiger partial charge in [-0.15, -0.1) is 0 Å². The number of carbonyl (C=O) groups is 2. The van der Waals surface area contributed by atoms with E-state index in [1.165, 1.54) is 53.0 Å². The number of piperazine rings is 1. The second-order valence-corrected chi connectivity index (χ2v) is 14.0. The van der Waals surface area contributed by atoms with E-state index < -0.39 is 51.2 Å². The first kappa shape index (κ1) is 35.0. The van der Waals surface area contributed by atoms with Gasteiger partial charge in [-0.1, -0.05) is 12.1 Å². The zero-order chi connectivity index (χ0) is 35.4. The van der Waals surface area contributed by atoms with Crippen molar-refractivity contribution in [1.29, 1.82) is 0 Å². The lowest BCUT2D eigenvalue weighted by Crippen LogP contribution is -2.53. The summed E-state index contributed by atoms with van der Waals surface area (Å²) < 4.78 is 91.3. The van der Waals surface area contributed by atoms with Crippen molar-refractivity contribution >= 4 is 33.2 Å². The third kappa shape index (κ3) is 7.95. The van der Waals surface area contributed by atoms with Crippen molar-refractivity contribution in [3.63, 3.8) is 0 Å². The van der Waals surface area contributed by atoms with Gasteiger partial charge in [0.25, 0.3) is 5.91 Å². The van der Waals surface area contributed by atoms with E-state index in [4.69, 9.17) is 4.74 Å². The van der Waals surface area contributed by atoms with Gasteiger partial charge in [0, 0.05) is 49.6 Å². The normalized spacial score (nSPS) is 17.0. The number of hydrogen-bond donors (Lipinski definition) is 3. The van der Waals surface area contributed by atoms with Gasteiger partial charge < -0.3 is 20.7 Å². The number of rotatable bonds is 11. The van der Waals surface area contributed by atoms with Gasteiger partial charge in [0.1, 0.15) is 29.0 Å². The van der Waals surface area contributed by atoms with Gasteiger partial charge in [0.2, 0.25) is 15.9 Å². The number of aromatic nitrogens is 1. The van der Waals surface area contributed by atoms with Crippen LogP contribution in [0.3, 0.4) is 0 Å². The molecule has 2 aliphatic rings. The Morgan fingerprint density at radius 1 is 0.980 bits per heavy atom. The zero-order valence-electron chi connectivity index (χ0n) is 26.6. The Labute approximate surface area is 285 Å². The van der Waals surface area contributed by atoms with E-state index >= 15 is 4.39 Å². The molecule has 2 atom stereocenters. The number of ether oxygens (including phenoxy) is 1. The molecule has 0 bridgehead atoms. The lowest BCUT2D eigenvalue weighted by Gasteiger charge is -2.35. The molecule has 3 aromatic carbocycles. The van der Waals surface area contributed by atoms with Crippen molar-refractivity contribution in [2.45, 2.75) is 42.5 Å². The fourth-order valence-electron chi connectivity index (χ4n) is 6.29. The highest BCUT2D eigenvalue weighted by atomic mass is 32.2. The van der Waals surface area contributed by atoms with Crippen LogP contribution in [0.25, 0.3) is 0 Å². The molecule has 0 saturated carbocycles. The van der Waals surface area contributed by atoms with Crippen LogP contribution in [0, 0.1) is 23.3 Å². The van der Waals surface area contributed by atoms with Gasteiger partial charge in [0.05, 0.1) is 28.7 Å². The minimum absolute atomic E-state index is 0.000882. The van der Waals surface area contributed by atoms with Gasteiger partial charge in [-0.2, -0.15) is 4.31 Å². The van der Waals surface area contributed by atoms with Crippen LogP contribution in [0.15, 0.2) is 78.0 Å². The largest absolute Gasteiger partial charge is 0.482 e. The molecule has 15 heteroatoms. The summed E-state index contributed by atoms with van der Waals surface area (Å²) in [6.45, 7) is 0.826. The SMILES string of the molecule is O=C1COc2ccc(S(=O)(=O)N3CCNC[C@@H]3CCCc3c(F)cncc3NC(=O)C[C@@H](c3ccc(F)cc3)c3cc(F)cc(F)c3)cc2N1. The number of pyridine rings is 1. The van der Waals surface area contributed by atoms with Gasteiger partial charge in [-0.25, -0.2) is 26.0 Å². The van der Waals surface area contributed by atoms with E-state index in [-0.39, 0.29) is 59.3 Å². The van der Waals surface area contributed by atoms with Crippen LogP contribution >= 0.6 is 0 Å². The van der Waals surface area contributed by atoms with Crippen molar-refractivity contribution in [2.24, 2.45) is 0 Å². The minimum Gasteiger partial charge on any atom is -0.482 e. The molecule has 1 aromatic heterocycles. The summed E-state index contributed by atoms with van der Waals surface area (Å²) in [5.41, 5.74) is 1.13. The fraction of sp³-hybridized carbons (Fsp3) is 0.286. The second-order valence-electron chi connectivity index (χ2n) is 12.1. The van der Waals surface area contributed by atoms with Crippen molar-refractivity contribution in [1.82, 2.24) is 14.6 Å². The predicted octanol–water partition coefficient (Wildman–Crippen LogP) is 5.12. The third-order valence-corrected chi connectivity index (χ3v) is 10.6. The molecule has 1 saturated heterocycles. The maximum atomic E-state index is 15.1. The Morgan fingerprint density at radius 2 is 1.74 bits per heavy atom. The number of amides is 2. The number of fused-ring (bicyclic) bond motifs is 1. The van der Waals surface area contributed by atoms with Crippen LogP contribution in [-0.2, 0) is 26.0 Å². The Kier molecular flexibility index (Phi) is 10.5. The van der Waals surface area contributed by atoms with E-state index in [2.05, 4.69) is 20.9 Å². The predicted molar refractivity (Wildman–Crippen MR) is 176 cm³/mol. The highest BCUT2D eigenvalue weighted by molar-refractivity contribution is 7.89. The monoisotopic (exact) mass is 711 g/mol. The van der Waals surface area contributed by atoms with Crippen LogP contribution in [0.5, 0.6) is 5.75 Å². The number of halogens is 4. The molecule has 0 aliphatic carbocycles. The fourth-order valence-corrected chi connectivity index (χ4v) is 7.97. The number of benzene rings is 3. The Hall–Kier alpha value is -4.86. The highest BCUT2D eigenvalue weighted by Crippen LogP contribution is 2.33. The molecule has 3 heterocycles. The van der Waals surface area contributed by atoms with Crippen molar-refractivity contribution in [2.75, 3.05) is 36.9 Å². The smallest absolute Gasteiger partial charge is 0.262 e. The maximum Gasteiger partial charge on any atom is 0.262 e. The molecule has 2 aliphatic heterocycles. The molecule has 10 nitrogen and oxygen atoms in total. The summed E-state index contributed by atoms with van der Waals surface area (Å²) in [6, 6.07) is 11.9. The first-order valence-corrected chi connectivity index (χ1v) is 17.3. The first-order chi connectivity index (χ1) is 24.0. The van der Waals surface area contributed by atoms with E-state index in [1.54, 1.807) is 0 Å². The minimum atomic E-state index is -3.98. The highest BCUT2D eigenvalue weighted by Gasteiger charge is 2.34.